The van der Waals surface area contributed by atoms with E-state index < -0.39 is 0 Å². The first-order valence-electron chi connectivity index (χ1n) is 9.89. The van der Waals surface area contributed by atoms with Gasteiger partial charge in [-0.15, -0.1) is 11.3 Å². The largest absolute Gasteiger partial charge is 0.497 e. The molecule has 6 nitrogen and oxygen atoms in total. The summed E-state index contributed by atoms with van der Waals surface area (Å²) in [6.45, 7) is 7.05. The Balaban J connectivity index is 1.55. The van der Waals surface area contributed by atoms with Crippen molar-refractivity contribution in [3.05, 3.63) is 40.3 Å². The average molecular weight is 402 g/mol. The number of hydrogen-bond donors (Lipinski definition) is 2. The maximum absolute atomic E-state index is 5.37. The van der Waals surface area contributed by atoms with Crippen LogP contribution in [0.3, 0.4) is 0 Å². The van der Waals surface area contributed by atoms with Gasteiger partial charge in [-0.25, -0.2) is 4.98 Å². The van der Waals surface area contributed by atoms with Gasteiger partial charge >= 0.3 is 0 Å². The summed E-state index contributed by atoms with van der Waals surface area (Å²) in [5.41, 5.74) is 2.27. The summed E-state index contributed by atoms with van der Waals surface area (Å²) in [6, 6.07) is 8.63. The summed E-state index contributed by atoms with van der Waals surface area (Å²) in [5.74, 6) is 2.20. The molecule has 152 valence electrons. The molecule has 0 aliphatic carbocycles. The SMILES string of the molecule is CN=C(NCc1csc(C(C)C)n1)NC1CCCN(c2cccc(OC)c2)C1. The van der Waals surface area contributed by atoms with E-state index in [1.54, 1.807) is 18.4 Å². The third-order valence-corrected chi connectivity index (χ3v) is 6.10. The lowest BCUT2D eigenvalue weighted by atomic mass is 10.0. The number of ether oxygens (including phenoxy) is 1. The Morgan fingerprint density at radius 2 is 2.29 bits per heavy atom. The van der Waals surface area contributed by atoms with E-state index in [4.69, 9.17) is 4.74 Å². The molecule has 1 saturated heterocycles. The molecule has 0 amide bonds. The maximum Gasteiger partial charge on any atom is 0.191 e. The van der Waals surface area contributed by atoms with Gasteiger partial charge in [0.15, 0.2) is 5.96 Å². The molecule has 1 aromatic carbocycles. The molecule has 0 saturated carbocycles. The number of hydrogen-bond acceptors (Lipinski definition) is 5. The van der Waals surface area contributed by atoms with Gasteiger partial charge < -0.3 is 20.3 Å². The predicted octanol–water partition coefficient (Wildman–Crippen LogP) is 3.61. The second kappa shape index (κ2) is 9.78. The highest BCUT2D eigenvalue weighted by atomic mass is 32.1. The molecule has 0 bridgehead atoms. The van der Waals surface area contributed by atoms with Crippen molar-refractivity contribution in [2.24, 2.45) is 4.99 Å². The molecule has 0 radical (unpaired) electrons. The Hall–Kier alpha value is -2.28. The normalized spacial score (nSPS) is 17.7. The number of nitrogens with zero attached hydrogens (tertiary/aromatic N) is 3. The highest BCUT2D eigenvalue weighted by molar-refractivity contribution is 7.09. The molecule has 1 fully saturated rings. The molecule has 3 rings (SSSR count). The minimum absolute atomic E-state index is 0.354. The van der Waals surface area contributed by atoms with Crippen LogP contribution in [0.2, 0.25) is 0 Å². The van der Waals surface area contributed by atoms with Crippen molar-refractivity contribution in [2.75, 3.05) is 32.1 Å². The summed E-state index contributed by atoms with van der Waals surface area (Å²) in [7, 11) is 3.53. The van der Waals surface area contributed by atoms with Crippen molar-refractivity contribution in [3.8, 4) is 5.75 Å². The summed E-state index contributed by atoms with van der Waals surface area (Å²) >= 11 is 1.73. The molecule has 7 heteroatoms. The second-order valence-corrected chi connectivity index (χ2v) is 8.28. The number of piperidine rings is 1. The van der Waals surface area contributed by atoms with Gasteiger partial charge in [0.1, 0.15) is 5.75 Å². The number of nitrogens with one attached hydrogen (secondary N) is 2. The van der Waals surface area contributed by atoms with Crippen molar-refractivity contribution >= 4 is 23.0 Å². The van der Waals surface area contributed by atoms with Crippen LogP contribution in [0, 0.1) is 0 Å². The van der Waals surface area contributed by atoms with Gasteiger partial charge in [-0.3, -0.25) is 4.99 Å². The Kier molecular flexibility index (Phi) is 7.14. The Morgan fingerprint density at radius 3 is 3.00 bits per heavy atom. The fraction of sp³-hybridized carbons (Fsp3) is 0.524. The fourth-order valence-electron chi connectivity index (χ4n) is 3.37. The van der Waals surface area contributed by atoms with Crippen LogP contribution in [-0.4, -0.2) is 44.2 Å². The van der Waals surface area contributed by atoms with E-state index in [1.807, 2.05) is 19.2 Å². The van der Waals surface area contributed by atoms with Crippen molar-refractivity contribution in [1.29, 1.82) is 0 Å². The minimum atomic E-state index is 0.354. The van der Waals surface area contributed by atoms with E-state index in [1.165, 1.54) is 10.7 Å². The lowest BCUT2D eigenvalue weighted by molar-refractivity contribution is 0.414. The van der Waals surface area contributed by atoms with Gasteiger partial charge in [0, 0.05) is 49.2 Å². The minimum Gasteiger partial charge on any atom is -0.497 e. The van der Waals surface area contributed by atoms with Crippen molar-refractivity contribution < 1.29 is 4.74 Å². The van der Waals surface area contributed by atoms with Gasteiger partial charge in [-0.1, -0.05) is 19.9 Å². The van der Waals surface area contributed by atoms with Crippen LogP contribution >= 0.6 is 11.3 Å². The fourth-order valence-corrected chi connectivity index (χ4v) is 4.20. The lowest BCUT2D eigenvalue weighted by Gasteiger charge is -2.35. The van der Waals surface area contributed by atoms with Crippen molar-refractivity contribution in [3.63, 3.8) is 0 Å². The van der Waals surface area contributed by atoms with Crippen LogP contribution in [0.15, 0.2) is 34.6 Å². The first kappa shape index (κ1) is 20.5. The molecular weight excluding hydrogens is 370 g/mol. The maximum atomic E-state index is 5.37. The molecule has 2 N–H and O–H groups in total. The molecule has 1 aromatic heterocycles. The predicted molar refractivity (Wildman–Crippen MR) is 118 cm³/mol. The highest BCUT2D eigenvalue weighted by Gasteiger charge is 2.21. The number of guanidine groups is 1. The molecule has 2 aromatic rings. The van der Waals surface area contributed by atoms with Crippen molar-refractivity contribution in [2.45, 2.75) is 45.2 Å². The number of aromatic nitrogens is 1. The first-order valence-corrected chi connectivity index (χ1v) is 10.8. The van der Waals surface area contributed by atoms with Crippen LogP contribution in [0.25, 0.3) is 0 Å². The Morgan fingerprint density at radius 1 is 1.43 bits per heavy atom. The van der Waals surface area contributed by atoms with Crippen LogP contribution in [0.4, 0.5) is 5.69 Å². The van der Waals surface area contributed by atoms with E-state index >= 15 is 0 Å². The van der Waals surface area contributed by atoms with Crippen LogP contribution < -0.4 is 20.3 Å². The zero-order chi connectivity index (χ0) is 19.9. The third-order valence-electron chi connectivity index (χ3n) is 4.90. The van der Waals surface area contributed by atoms with Crippen molar-refractivity contribution in [1.82, 2.24) is 15.6 Å². The summed E-state index contributed by atoms with van der Waals surface area (Å²) in [6.07, 6.45) is 2.28. The smallest absolute Gasteiger partial charge is 0.191 e. The average Bonchev–Trinajstić information content (AvgIpc) is 3.21. The molecule has 2 heterocycles. The van der Waals surface area contributed by atoms with Crippen LogP contribution in [0.5, 0.6) is 5.75 Å². The van der Waals surface area contributed by atoms with E-state index in [9.17, 15) is 0 Å². The molecule has 1 atom stereocenters. The van der Waals surface area contributed by atoms with Gasteiger partial charge in [-0.05, 0) is 25.0 Å². The molecule has 1 unspecified atom stereocenters. The third kappa shape index (κ3) is 5.38. The summed E-state index contributed by atoms with van der Waals surface area (Å²) < 4.78 is 5.37. The number of anilines is 1. The quantitative estimate of drug-likeness (QED) is 0.572. The van der Waals surface area contributed by atoms with E-state index in [0.29, 0.717) is 18.5 Å². The van der Waals surface area contributed by atoms with E-state index in [-0.39, 0.29) is 0 Å². The summed E-state index contributed by atoms with van der Waals surface area (Å²) in [4.78, 5) is 11.5. The zero-order valence-electron chi connectivity index (χ0n) is 17.2. The number of rotatable bonds is 6. The van der Waals surface area contributed by atoms with Crippen LogP contribution in [0.1, 0.15) is 43.3 Å². The van der Waals surface area contributed by atoms with Crippen LogP contribution in [-0.2, 0) is 6.54 Å². The number of aliphatic imine (C=N–C) groups is 1. The molecule has 28 heavy (non-hydrogen) atoms. The van der Waals surface area contributed by atoms with E-state index in [2.05, 4.69) is 56.9 Å². The van der Waals surface area contributed by atoms with Gasteiger partial charge in [0.05, 0.1) is 24.4 Å². The molecule has 1 aliphatic heterocycles. The monoisotopic (exact) mass is 401 g/mol. The standard InChI is InChI=1S/C21H31N5OS/c1-15(2)20-24-17(14-28-20)12-23-21(22-3)25-16-7-6-10-26(13-16)18-8-5-9-19(11-18)27-4/h5,8-9,11,14-16H,6-7,10,12-13H2,1-4H3,(H2,22,23,25). The first-order chi connectivity index (χ1) is 13.6. The number of benzene rings is 1. The zero-order valence-corrected chi connectivity index (χ0v) is 18.1. The molecule has 1 aliphatic rings. The summed E-state index contributed by atoms with van der Waals surface area (Å²) in [5, 5.41) is 10.3. The molecular formula is C21H31N5OS. The number of thiazole rings is 1. The Bertz CT molecular complexity index is 789. The Labute approximate surface area is 172 Å². The van der Waals surface area contributed by atoms with E-state index in [0.717, 1.165) is 43.3 Å². The topological polar surface area (TPSA) is 61.8 Å². The number of methoxy groups -OCH3 is 1. The van der Waals surface area contributed by atoms with Gasteiger partial charge in [-0.2, -0.15) is 0 Å². The lowest BCUT2D eigenvalue weighted by Crippen LogP contribution is -2.51. The second-order valence-electron chi connectivity index (χ2n) is 7.39. The molecule has 0 spiro atoms. The van der Waals surface area contributed by atoms with Gasteiger partial charge in [0.25, 0.3) is 0 Å². The highest BCUT2D eigenvalue weighted by Crippen LogP contribution is 2.24. The van der Waals surface area contributed by atoms with Gasteiger partial charge in [0.2, 0.25) is 0 Å².